The monoisotopic (exact) mass is 437 g/mol. The molecule has 1 aromatic rings. The van der Waals surface area contributed by atoms with E-state index in [0.717, 1.165) is 44.1 Å². The van der Waals surface area contributed by atoms with Gasteiger partial charge in [0.2, 0.25) is 5.91 Å². The van der Waals surface area contributed by atoms with Gasteiger partial charge in [0.25, 0.3) is 0 Å². The summed E-state index contributed by atoms with van der Waals surface area (Å²) in [7, 11) is 0. The Balaban J connectivity index is 2.24. The van der Waals surface area contributed by atoms with Crippen molar-refractivity contribution in [2.45, 2.75) is 96.8 Å². The Morgan fingerprint density at radius 1 is 0.967 bits per heavy atom. The quantitative estimate of drug-likeness (QED) is 0.507. The number of aliphatic carboxylic acids is 1. The van der Waals surface area contributed by atoms with E-state index >= 15 is 0 Å². The predicted octanol–water partition coefficient (Wildman–Crippen LogP) is 5.73. The lowest BCUT2D eigenvalue weighted by Gasteiger charge is -2.11. The number of fused-ring (bicyclic) bond motifs is 1. The van der Waals surface area contributed by atoms with Gasteiger partial charge in [-0.2, -0.15) is 0 Å². The Labute approximate surface area is 183 Å². The van der Waals surface area contributed by atoms with Crippen LogP contribution in [0.15, 0.2) is 0 Å². The highest BCUT2D eigenvalue weighted by Crippen LogP contribution is 2.37. The number of esters is 1. The number of carbonyl (C=O) groups is 3. The highest BCUT2D eigenvalue weighted by atomic mass is 32.1. The average Bonchev–Trinajstić information content (AvgIpc) is 3.02. The van der Waals surface area contributed by atoms with E-state index in [1.807, 2.05) is 6.92 Å². The number of nitrogens with one attached hydrogen (secondary N) is 1. The third-order valence-corrected chi connectivity index (χ3v) is 6.57. The highest BCUT2D eigenvalue weighted by Gasteiger charge is 2.25. The van der Waals surface area contributed by atoms with Crippen LogP contribution >= 0.6 is 11.3 Å². The van der Waals surface area contributed by atoms with Crippen LogP contribution in [0.25, 0.3) is 0 Å². The van der Waals surface area contributed by atoms with Gasteiger partial charge in [0.05, 0.1) is 12.2 Å². The average molecular weight is 438 g/mol. The molecule has 0 unspecified atom stereocenters. The molecule has 0 aromatic carbocycles. The summed E-state index contributed by atoms with van der Waals surface area (Å²) in [6.45, 7) is 2.31. The van der Waals surface area contributed by atoms with Crippen LogP contribution in [0.1, 0.15) is 105 Å². The summed E-state index contributed by atoms with van der Waals surface area (Å²) in [5.74, 6) is -1.52. The van der Waals surface area contributed by atoms with E-state index in [1.165, 1.54) is 48.3 Å². The molecule has 6 nitrogen and oxygen atoms in total. The molecule has 0 aliphatic heterocycles. The summed E-state index contributed by atoms with van der Waals surface area (Å²) in [6, 6.07) is 0. The van der Waals surface area contributed by atoms with Gasteiger partial charge in [-0.05, 0) is 44.1 Å². The van der Waals surface area contributed by atoms with Gasteiger partial charge in [-0.15, -0.1) is 11.3 Å². The van der Waals surface area contributed by atoms with Crippen molar-refractivity contribution in [3.63, 3.8) is 0 Å². The van der Waals surface area contributed by atoms with Crippen molar-refractivity contribution in [2.24, 2.45) is 0 Å². The van der Waals surface area contributed by atoms with Crippen molar-refractivity contribution in [1.82, 2.24) is 0 Å². The Kier molecular flexibility index (Phi) is 10.9. The van der Waals surface area contributed by atoms with Gasteiger partial charge in [0, 0.05) is 17.7 Å². The van der Waals surface area contributed by atoms with Gasteiger partial charge in [-0.25, -0.2) is 4.79 Å². The Bertz CT molecular complexity index is 713. The molecule has 1 aliphatic carbocycles. The van der Waals surface area contributed by atoms with Gasteiger partial charge < -0.3 is 15.2 Å². The van der Waals surface area contributed by atoms with Crippen LogP contribution in [0, 0.1) is 0 Å². The molecule has 2 rings (SSSR count). The van der Waals surface area contributed by atoms with E-state index in [9.17, 15) is 14.4 Å². The number of carboxylic acid groups (broad SMARTS) is 1. The second-order valence-corrected chi connectivity index (χ2v) is 9.07. The van der Waals surface area contributed by atoms with Crippen molar-refractivity contribution in [3.05, 3.63) is 16.0 Å². The maximum Gasteiger partial charge on any atom is 0.341 e. The first kappa shape index (κ1) is 24.4. The first-order chi connectivity index (χ1) is 14.5. The fraction of sp³-hybridized carbons (Fsp3) is 0.696. The van der Waals surface area contributed by atoms with Crippen LogP contribution in [0.3, 0.4) is 0 Å². The SMILES string of the molecule is CCCOC(=O)c1c(NC(=O)CCCC(=O)O)sc2c1CCCCCCCCCC2. The number of aryl methyl sites for hydroxylation is 1. The van der Waals surface area contributed by atoms with Crippen LogP contribution in [-0.4, -0.2) is 29.6 Å². The van der Waals surface area contributed by atoms with E-state index < -0.39 is 5.97 Å². The van der Waals surface area contributed by atoms with Crippen LogP contribution in [0.4, 0.5) is 5.00 Å². The number of ether oxygens (including phenoxy) is 1. The summed E-state index contributed by atoms with van der Waals surface area (Å²) in [5, 5.41) is 12.2. The van der Waals surface area contributed by atoms with Gasteiger partial charge >= 0.3 is 11.9 Å². The highest BCUT2D eigenvalue weighted by molar-refractivity contribution is 7.17. The number of anilines is 1. The molecular formula is C23H35NO5S. The number of hydrogen-bond acceptors (Lipinski definition) is 5. The summed E-state index contributed by atoms with van der Waals surface area (Å²) in [5.41, 5.74) is 1.56. The molecule has 7 heteroatoms. The lowest BCUT2D eigenvalue weighted by atomic mass is 9.97. The third kappa shape index (κ3) is 8.09. The fourth-order valence-electron chi connectivity index (χ4n) is 3.79. The van der Waals surface area contributed by atoms with Gasteiger partial charge in [-0.1, -0.05) is 45.4 Å². The molecule has 1 heterocycles. The number of carboxylic acids is 1. The minimum absolute atomic E-state index is 0.0419. The normalized spacial score (nSPS) is 15.4. The number of carbonyl (C=O) groups excluding carboxylic acids is 2. The Morgan fingerprint density at radius 3 is 2.23 bits per heavy atom. The second-order valence-electron chi connectivity index (χ2n) is 7.97. The maximum absolute atomic E-state index is 12.9. The predicted molar refractivity (Wildman–Crippen MR) is 119 cm³/mol. The Hall–Kier alpha value is -1.89. The summed E-state index contributed by atoms with van der Waals surface area (Å²) in [4.78, 5) is 37.1. The third-order valence-electron chi connectivity index (χ3n) is 5.36. The van der Waals surface area contributed by atoms with E-state index in [1.54, 1.807) is 0 Å². The van der Waals surface area contributed by atoms with Gasteiger partial charge in [0.15, 0.2) is 0 Å². The molecule has 1 aromatic heterocycles. The number of hydrogen-bond donors (Lipinski definition) is 2. The van der Waals surface area contributed by atoms with Gasteiger partial charge in [-0.3, -0.25) is 9.59 Å². The van der Waals surface area contributed by atoms with Crippen LogP contribution in [0.5, 0.6) is 0 Å². The molecule has 0 saturated heterocycles. The molecule has 30 heavy (non-hydrogen) atoms. The molecule has 0 radical (unpaired) electrons. The zero-order chi connectivity index (χ0) is 21.8. The van der Waals surface area contributed by atoms with Crippen molar-refractivity contribution < 1.29 is 24.2 Å². The second kappa shape index (κ2) is 13.4. The summed E-state index contributed by atoms with van der Waals surface area (Å²) in [6.07, 6.45) is 12.4. The van der Waals surface area contributed by atoms with Crippen LogP contribution in [-0.2, 0) is 27.2 Å². The number of amides is 1. The van der Waals surface area contributed by atoms with E-state index in [2.05, 4.69) is 5.32 Å². The summed E-state index contributed by atoms with van der Waals surface area (Å²) >= 11 is 1.49. The standard InChI is InChI=1S/C23H35NO5S/c1-2-16-29-23(28)21-17-12-9-7-5-3-4-6-8-10-13-18(17)30-22(21)24-19(25)14-11-15-20(26)27/h2-16H2,1H3,(H,24,25)(H,26,27). The molecule has 2 N–H and O–H groups in total. The zero-order valence-electron chi connectivity index (χ0n) is 18.1. The molecule has 1 amide bonds. The van der Waals surface area contributed by atoms with Crippen LogP contribution < -0.4 is 5.32 Å². The molecule has 168 valence electrons. The topological polar surface area (TPSA) is 92.7 Å². The van der Waals surface area contributed by atoms with Crippen molar-refractivity contribution in [3.8, 4) is 0 Å². The zero-order valence-corrected chi connectivity index (χ0v) is 18.9. The maximum atomic E-state index is 12.9. The van der Waals surface area contributed by atoms with Crippen molar-refractivity contribution in [1.29, 1.82) is 0 Å². The first-order valence-electron chi connectivity index (χ1n) is 11.4. The molecule has 0 fully saturated rings. The molecule has 0 bridgehead atoms. The van der Waals surface area contributed by atoms with E-state index in [0.29, 0.717) is 17.2 Å². The molecule has 0 saturated carbocycles. The summed E-state index contributed by atoms with van der Waals surface area (Å²) < 4.78 is 5.45. The minimum atomic E-state index is -0.912. The molecule has 0 atom stereocenters. The number of thiophene rings is 1. The van der Waals surface area contributed by atoms with Gasteiger partial charge in [0.1, 0.15) is 5.00 Å². The molecule has 0 spiro atoms. The van der Waals surface area contributed by atoms with Crippen LogP contribution in [0.2, 0.25) is 0 Å². The minimum Gasteiger partial charge on any atom is -0.481 e. The Morgan fingerprint density at radius 2 is 1.60 bits per heavy atom. The smallest absolute Gasteiger partial charge is 0.341 e. The fourth-order valence-corrected chi connectivity index (χ4v) is 5.08. The van der Waals surface area contributed by atoms with E-state index in [4.69, 9.17) is 9.84 Å². The molecular weight excluding hydrogens is 402 g/mol. The molecule has 1 aliphatic rings. The van der Waals surface area contributed by atoms with Crippen molar-refractivity contribution >= 4 is 34.2 Å². The van der Waals surface area contributed by atoms with E-state index in [-0.39, 0.29) is 31.1 Å². The van der Waals surface area contributed by atoms with Crippen molar-refractivity contribution in [2.75, 3.05) is 11.9 Å². The lowest BCUT2D eigenvalue weighted by Crippen LogP contribution is -2.15. The lowest BCUT2D eigenvalue weighted by molar-refractivity contribution is -0.137. The largest absolute Gasteiger partial charge is 0.481 e. The number of rotatable bonds is 8. The first-order valence-corrected chi connectivity index (χ1v) is 12.2.